The molecule has 2 atom stereocenters. The van der Waals surface area contributed by atoms with Crippen LogP contribution >= 0.6 is 0 Å². The van der Waals surface area contributed by atoms with E-state index in [0.29, 0.717) is 12.2 Å². The number of rotatable bonds is 4. The molecule has 0 saturated carbocycles. The molecule has 142 valence electrons. The topological polar surface area (TPSA) is 133 Å². The van der Waals surface area contributed by atoms with E-state index < -0.39 is 18.0 Å². The summed E-state index contributed by atoms with van der Waals surface area (Å²) in [6.45, 7) is 0. The minimum atomic E-state index is -1.26. The molecule has 0 radical (unpaired) electrons. The fraction of sp³-hybridized carbons (Fsp3) is 0.412. The van der Waals surface area contributed by atoms with Crippen LogP contribution in [0.2, 0.25) is 0 Å². The van der Waals surface area contributed by atoms with Crippen LogP contribution in [-0.2, 0) is 16.0 Å². The number of likely N-dealkylation sites (N-methyl/N-ethyl adjacent to an activating group) is 1. The number of fused-ring (bicyclic) bond motifs is 1. The van der Waals surface area contributed by atoms with Crippen LogP contribution in [0.1, 0.15) is 32.1 Å². The molecule has 0 aliphatic heterocycles. The number of carboxylic acids is 2. The Balaban J connectivity index is 0. The summed E-state index contributed by atoms with van der Waals surface area (Å²) in [5.74, 6) is 3.99. The first-order valence-corrected chi connectivity index (χ1v) is 6.72. The molecule has 0 aromatic heterocycles. The average Bonchev–Trinajstić information content (AvgIpc) is 2.82. The SMILES string of the molecule is C.C.COc1ccc2c(c1)CC(N(C)N)C2O.O=C(O)/C=C\C(=O)O. The second-order valence-corrected chi connectivity index (χ2v) is 4.96. The van der Waals surface area contributed by atoms with Gasteiger partial charge < -0.3 is 20.1 Å². The van der Waals surface area contributed by atoms with Gasteiger partial charge in [-0.05, 0) is 29.7 Å². The number of methoxy groups -OCH3 is 1. The molecule has 25 heavy (non-hydrogen) atoms. The number of benzene rings is 1. The predicted octanol–water partition coefficient (Wildman–Crippen LogP) is 1.44. The Morgan fingerprint density at radius 3 is 2.16 bits per heavy atom. The Bertz CT molecular complexity index is 585. The number of aliphatic carboxylic acids is 2. The van der Waals surface area contributed by atoms with Gasteiger partial charge in [-0.1, -0.05) is 20.9 Å². The maximum Gasteiger partial charge on any atom is 0.328 e. The van der Waals surface area contributed by atoms with Crippen LogP contribution in [0.15, 0.2) is 30.4 Å². The van der Waals surface area contributed by atoms with Gasteiger partial charge in [0.1, 0.15) is 5.75 Å². The molecule has 2 unspecified atom stereocenters. The zero-order valence-electron chi connectivity index (χ0n) is 12.8. The Labute approximate surface area is 148 Å². The quantitative estimate of drug-likeness (QED) is 0.362. The van der Waals surface area contributed by atoms with Crippen LogP contribution in [0.25, 0.3) is 0 Å². The van der Waals surface area contributed by atoms with Crippen molar-refractivity contribution in [1.82, 2.24) is 5.01 Å². The lowest BCUT2D eigenvalue weighted by Crippen LogP contribution is -2.40. The van der Waals surface area contributed by atoms with Crippen molar-refractivity contribution in [3.8, 4) is 5.75 Å². The minimum absolute atomic E-state index is 0. The largest absolute Gasteiger partial charge is 0.497 e. The van der Waals surface area contributed by atoms with Crippen molar-refractivity contribution in [3.63, 3.8) is 0 Å². The van der Waals surface area contributed by atoms with Crippen molar-refractivity contribution < 1.29 is 29.6 Å². The molecule has 2 rings (SSSR count). The van der Waals surface area contributed by atoms with Crippen molar-refractivity contribution in [2.24, 2.45) is 5.84 Å². The van der Waals surface area contributed by atoms with Gasteiger partial charge in [0.2, 0.25) is 0 Å². The summed E-state index contributed by atoms with van der Waals surface area (Å²) in [4.78, 5) is 19.1. The molecule has 0 heterocycles. The molecular formula is C17H28N2O6. The number of nitrogens with zero attached hydrogens (tertiary/aromatic N) is 1. The van der Waals surface area contributed by atoms with Gasteiger partial charge in [0, 0.05) is 19.2 Å². The average molecular weight is 356 g/mol. The molecule has 8 nitrogen and oxygen atoms in total. The number of aliphatic hydroxyl groups excluding tert-OH is 1. The van der Waals surface area contributed by atoms with Gasteiger partial charge in [-0.3, -0.25) is 5.84 Å². The molecule has 0 amide bonds. The Kier molecular flexibility index (Phi) is 11.1. The summed E-state index contributed by atoms with van der Waals surface area (Å²) in [6, 6.07) is 5.69. The summed E-state index contributed by atoms with van der Waals surface area (Å²) < 4.78 is 5.14. The van der Waals surface area contributed by atoms with E-state index in [0.717, 1.165) is 23.3 Å². The molecule has 1 aliphatic rings. The van der Waals surface area contributed by atoms with Crippen molar-refractivity contribution in [2.45, 2.75) is 33.4 Å². The number of nitrogens with two attached hydrogens (primary N) is 1. The van der Waals surface area contributed by atoms with Gasteiger partial charge in [0.15, 0.2) is 0 Å². The normalized spacial score (nSPS) is 17.6. The van der Waals surface area contributed by atoms with Gasteiger partial charge in [-0.25, -0.2) is 14.6 Å². The van der Waals surface area contributed by atoms with Gasteiger partial charge >= 0.3 is 11.9 Å². The first kappa shape index (κ1) is 24.8. The molecule has 1 aliphatic carbocycles. The molecular weight excluding hydrogens is 328 g/mol. The second-order valence-electron chi connectivity index (χ2n) is 4.96. The van der Waals surface area contributed by atoms with Crippen LogP contribution in [-0.4, -0.2) is 52.5 Å². The van der Waals surface area contributed by atoms with Crippen molar-refractivity contribution in [3.05, 3.63) is 41.5 Å². The summed E-state index contributed by atoms with van der Waals surface area (Å²) in [6.07, 6.45) is 1.38. The van der Waals surface area contributed by atoms with Gasteiger partial charge in [-0.15, -0.1) is 0 Å². The zero-order chi connectivity index (χ0) is 17.6. The van der Waals surface area contributed by atoms with Crippen LogP contribution in [0, 0.1) is 0 Å². The lowest BCUT2D eigenvalue weighted by atomic mass is 10.1. The van der Waals surface area contributed by atoms with Crippen LogP contribution < -0.4 is 10.6 Å². The van der Waals surface area contributed by atoms with Gasteiger partial charge in [-0.2, -0.15) is 0 Å². The van der Waals surface area contributed by atoms with Gasteiger partial charge in [0.05, 0.1) is 19.3 Å². The highest BCUT2D eigenvalue weighted by molar-refractivity contribution is 5.89. The molecule has 5 N–H and O–H groups in total. The van der Waals surface area contributed by atoms with Crippen LogP contribution in [0.5, 0.6) is 5.75 Å². The summed E-state index contributed by atoms with van der Waals surface area (Å²) in [7, 11) is 3.41. The van der Waals surface area contributed by atoms with E-state index in [9.17, 15) is 14.7 Å². The van der Waals surface area contributed by atoms with E-state index in [1.54, 1.807) is 19.2 Å². The van der Waals surface area contributed by atoms with Crippen molar-refractivity contribution >= 4 is 11.9 Å². The Morgan fingerprint density at radius 2 is 1.76 bits per heavy atom. The third-order valence-electron chi connectivity index (χ3n) is 3.35. The number of carbonyl (C=O) groups is 2. The zero-order valence-corrected chi connectivity index (χ0v) is 12.8. The van der Waals surface area contributed by atoms with E-state index in [1.165, 1.54) is 0 Å². The van der Waals surface area contributed by atoms with Gasteiger partial charge in [0.25, 0.3) is 0 Å². The number of hydrogen-bond donors (Lipinski definition) is 4. The highest BCUT2D eigenvalue weighted by atomic mass is 16.5. The maximum absolute atomic E-state index is 10.0. The van der Waals surface area contributed by atoms with Crippen molar-refractivity contribution in [2.75, 3.05) is 14.2 Å². The third-order valence-corrected chi connectivity index (χ3v) is 3.35. The Morgan fingerprint density at radius 1 is 1.24 bits per heavy atom. The lowest BCUT2D eigenvalue weighted by Gasteiger charge is -2.21. The smallest absolute Gasteiger partial charge is 0.328 e. The number of hydrogen-bond acceptors (Lipinski definition) is 6. The fourth-order valence-electron chi connectivity index (χ4n) is 2.23. The molecule has 0 bridgehead atoms. The fourth-order valence-corrected chi connectivity index (χ4v) is 2.23. The molecule has 0 fully saturated rings. The maximum atomic E-state index is 10.0. The number of ether oxygens (including phenoxy) is 1. The van der Waals surface area contributed by atoms with E-state index in [1.807, 2.05) is 18.2 Å². The molecule has 8 heteroatoms. The number of carboxylic acid groups (broad SMARTS) is 2. The molecule has 1 aromatic carbocycles. The van der Waals surface area contributed by atoms with Crippen LogP contribution in [0.3, 0.4) is 0 Å². The highest BCUT2D eigenvalue weighted by Gasteiger charge is 2.32. The van der Waals surface area contributed by atoms with Crippen LogP contribution in [0.4, 0.5) is 0 Å². The third kappa shape index (κ3) is 7.34. The number of aliphatic hydroxyl groups is 1. The lowest BCUT2D eigenvalue weighted by molar-refractivity contribution is -0.134. The highest BCUT2D eigenvalue weighted by Crippen LogP contribution is 2.35. The van der Waals surface area contributed by atoms with E-state index in [-0.39, 0.29) is 20.9 Å². The molecule has 0 spiro atoms. The minimum Gasteiger partial charge on any atom is -0.497 e. The predicted molar refractivity (Wildman–Crippen MR) is 95.3 cm³/mol. The van der Waals surface area contributed by atoms with E-state index >= 15 is 0 Å². The number of hydrazine groups is 1. The van der Waals surface area contributed by atoms with Crippen molar-refractivity contribution in [1.29, 1.82) is 0 Å². The monoisotopic (exact) mass is 356 g/mol. The summed E-state index contributed by atoms with van der Waals surface area (Å²) in [5.41, 5.74) is 2.07. The Hall–Kier alpha value is -2.42. The van der Waals surface area contributed by atoms with E-state index in [2.05, 4.69) is 0 Å². The molecule has 0 saturated heterocycles. The first-order chi connectivity index (χ1) is 10.8. The second kappa shape index (κ2) is 11.2. The van der Waals surface area contributed by atoms with E-state index in [4.69, 9.17) is 20.8 Å². The first-order valence-electron chi connectivity index (χ1n) is 6.72. The molecule has 1 aromatic rings. The summed E-state index contributed by atoms with van der Waals surface area (Å²) >= 11 is 0. The standard InChI is InChI=1S/C11H16N2O2.C4H4O4.2CH4/c1-13(12)10-6-7-5-8(15-2)3-4-9(7)11(10)14;5-3(6)1-2-4(7)8;;/h3-5,10-11,14H,6,12H2,1-2H3;1-2H,(H,5,6)(H,7,8);2*1H4/b;2-1-;;. The summed E-state index contributed by atoms with van der Waals surface area (Å²) in [5, 5.41) is 27.2.